The lowest BCUT2D eigenvalue weighted by Crippen LogP contribution is -2.42. The number of likely N-dealkylation sites (N-methyl/N-ethyl adjacent to an activating group) is 1. The van der Waals surface area contributed by atoms with Crippen LogP contribution in [0.5, 0.6) is 0 Å². The number of amides is 1. The van der Waals surface area contributed by atoms with Crippen molar-refractivity contribution < 1.29 is 9.00 Å². The third-order valence-corrected chi connectivity index (χ3v) is 4.21. The van der Waals surface area contributed by atoms with Crippen molar-refractivity contribution in [3.05, 3.63) is 0 Å². The molecule has 0 aromatic rings. The maximum absolute atomic E-state index is 11.5. The molecule has 1 fully saturated rings. The molecule has 0 saturated carbocycles. The fourth-order valence-electron chi connectivity index (χ4n) is 1.54. The molecule has 1 N–H and O–H groups in total. The van der Waals surface area contributed by atoms with E-state index in [9.17, 15) is 9.00 Å². The minimum Gasteiger partial charge on any atom is -0.345 e. The SMILES string of the molecule is CCN(C)C(=O)CNC1CCS(=O)CC1. The summed E-state index contributed by atoms with van der Waals surface area (Å²) in [5.74, 6) is 1.68. The van der Waals surface area contributed by atoms with Gasteiger partial charge in [-0.15, -0.1) is 0 Å². The van der Waals surface area contributed by atoms with E-state index < -0.39 is 10.8 Å². The fraction of sp³-hybridized carbons (Fsp3) is 0.900. The van der Waals surface area contributed by atoms with Crippen LogP contribution in [-0.2, 0) is 15.6 Å². The Bertz CT molecular complexity index is 236. The molecule has 0 atom stereocenters. The topological polar surface area (TPSA) is 49.4 Å². The zero-order chi connectivity index (χ0) is 11.3. The van der Waals surface area contributed by atoms with Gasteiger partial charge in [-0.2, -0.15) is 0 Å². The minimum absolute atomic E-state index is 0.129. The Morgan fingerprint density at radius 2 is 2.07 bits per heavy atom. The second-order valence-electron chi connectivity index (χ2n) is 3.91. The highest BCUT2D eigenvalue weighted by Gasteiger charge is 2.18. The maximum Gasteiger partial charge on any atom is 0.236 e. The Morgan fingerprint density at radius 1 is 1.47 bits per heavy atom. The van der Waals surface area contributed by atoms with E-state index in [-0.39, 0.29) is 5.91 Å². The first kappa shape index (κ1) is 12.6. The van der Waals surface area contributed by atoms with Crippen molar-refractivity contribution >= 4 is 16.7 Å². The molecular weight excluding hydrogens is 212 g/mol. The maximum atomic E-state index is 11.5. The molecule has 1 aliphatic rings. The van der Waals surface area contributed by atoms with Gasteiger partial charge < -0.3 is 10.2 Å². The lowest BCUT2D eigenvalue weighted by atomic mass is 10.1. The molecule has 1 heterocycles. The molecule has 1 amide bonds. The van der Waals surface area contributed by atoms with Gasteiger partial charge in [0.25, 0.3) is 0 Å². The molecule has 0 aromatic heterocycles. The molecule has 15 heavy (non-hydrogen) atoms. The van der Waals surface area contributed by atoms with Crippen LogP contribution in [0.15, 0.2) is 0 Å². The Kier molecular flexibility index (Phi) is 5.25. The van der Waals surface area contributed by atoms with E-state index in [2.05, 4.69) is 5.32 Å². The number of hydrogen-bond donors (Lipinski definition) is 1. The van der Waals surface area contributed by atoms with Crippen LogP contribution in [0.1, 0.15) is 19.8 Å². The Morgan fingerprint density at radius 3 is 2.60 bits per heavy atom. The number of nitrogens with zero attached hydrogens (tertiary/aromatic N) is 1. The lowest BCUT2D eigenvalue weighted by molar-refractivity contribution is -0.128. The average molecular weight is 232 g/mol. The number of hydrogen-bond acceptors (Lipinski definition) is 3. The minimum atomic E-state index is -0.621. The lowest BCUT2D eigenvalue weighted by Gasteiger charge is -2.23. The number of nitrogens with one attached hydrogen (secondary N) is 1. The third-order valence-electron chi connectivity index (χ3n) is 2.83. The largest absolute Gasteiger partial charge is 0.345 e. The monoisotopic (exact) mass is 232 g/mol. The predicted molar refractivity (Wildman–Crippen MR) is 62.2 cm³/mol. The van der Waals surface area contributed by atoms with E-state index in [1.807, 2.05) is 6.92 Å². The summed E-state index contributed by atoms with van der Waals surface area (Å²) in [5.41, 5.74) is 0. The van der Waals surface area contributed by atoms with Crippen LogP contribution in [-0.4, -0.2) is 52.7 Å². The number of carbonyl (C=O) groups excluding carboxylic acids is 1. The fourth-order valence-corrected chi connectivity index (χ4v) is 2.84. The first-order chi connectivity index (χ1) is 7.13. The van der Waals surface area contributed by atoms with Crippen LogP contribution in [0.3, 0.4) is 0 Å². The van der Waals surface area contributed by atoms with E-state index in [0.29, 0.717) is 12.6 Å². The Hall–Kier alpha value is -0.420. The molecule has 1 aliphatic heterocycles. The van der Waals surface area contributed by atoms with Crippen LogP contribution in [0.4, 0.5) is 0 Å². The summed E-state index contributed by atoms with van der Waals surface area (Å²) in [6.45, 7) is 3.11. The van der Waals surface area contributed by atoms with Crippen molar-refractivity contribution in [2.24, 2.45) is 0 Å². The molecule has 0 radical (unpaired) electrons. The van der Waals surface area contributed by atoms with Crippen molar-refractivity contribution in [2.75, 3.05) is 31.6 Å². The van der Waals surface area contributed by atoms with Crippen LogP contribution < -0.4 is 5.32 Å². The molecule has 4 nitrogen and oxygen atoms in total. The highest BCUT2D eigenvalue weighted by molar-refractivity contribution is 7.85. The first-order valence-corrected chi connectivity index (χ1v) is 6.94. The molecule has 88 valence electrons. The van der Waals surface area contributed by atoms with Crippen molar-refractivity contribution in [1.29, 1.82) is 0 Å². The van der Waals surface area contributed by atoms with Gasteiger partial charge in [-0.05, 0) is 19.8 Å². The van der Waals surface area contributed by atoms with Crippen LogP contribution in [0.2, 0.25) is 0 Å². The predicted octanol–water partition coefficient (Wildman–Crippen LogP) is -0.0346. The third kappa shape index (κ3) is 4.30. The van der Waals surface area contributed by atoms with Gasteiger partial charge in [0.15, 0.2) is 0 Å². The molecule has 0 bridgehead atoms. The van der Waals surface area contributed by atoms with Gasteiger partial charge in [0.05, 0.1) is 6.54 Å². The summed E-state index contributed by atoms with van der Waals surface area (Å²) >= 11 is 0. The van der Waals surface area contributed by atoms with Crippen LogP contribution in [0, 0.1) is 0 Å². The second kappa shape index (κ2) is 6.23. The molecule has 0 aliphatic carbocycles. The molecule has 0 unspecified atom stereocenters. The number of carbonyl (C=O) groups is 1. The summed E-state index contributed by atoms with van der Waals surface area (Å²) in [6, 6.07) is 0.372. The molecule has 5 heteroatoms. The summed E-state index contributed by atoms with van der Waals surface area (Å²) in [7, 11) is 1.18. The number of rotatable bonds is 4. The van der Waals surface area contributed by atoms with Crippen molar-refractivity contribution in [1.82, 2.24) is 10.2 Å². The van der Waals surface area contributed by atoms with Crippen LogP contribution in [0.25, 0.3) is 0 Å². The van der Waals surface area contributed by atoms with Gasteiger partial charge in [0.2, 0.25) is 5.91 Å². The Labute approximate surface area is 93.9 Å². The first-order valence-electron chi connectivity index (χ1n) is 5.45. The van der Waals surface area contributed by atoms with E-state index in [4.69, 9.17) is 0 Å². The van der Waals surface area contributed by atoms with Gasteiger partial charge in [0, 0.05) is 41.9 Å². The average Bonchev–Trinajstić information content (AvgIpc) is 2.26. The van der Waals surface area contributed by atoms with E-state index >= 15 is 0 Å². The summed E-state index contributed by atoms with van der Waals surface area (Å²) < 4.78 is 11.1. The summed E-state index contributed by atoms with van der Waals surface area (Å²) in [6.07, 6.45) is 1.85. The highest BCUT2D eigenvalue weighted by Crippen LogP contribution is 2.08. The summed E-state index contributed by atoms with van der Waals surface area (Å²) in [5, 5.41) is 3.23. The normalized spacial score (nSPS) is 26.3. The Balaban J connectivity index is 2.20. The van der Waals surface area contributed by atoms with Crippen molar-refractivity contribution in [2.45, 2.75) is 25.8 Å². The molecule has 0 spiro atoms. The van der Waals surface area contributed by atoms with Gasteiger partial charge in [-0.3, -0.25) is 9.00 Å². The standard InChI is InChI=1S/C10H20N2O2S/c1-3-12(2)10(13)8-11-9-4-6-15(14)7-5-9/h9,11H,3-8H2,1-2H3. The smallest absolute Gasteiger partial charge is 0.236 e. The zero-order valence-electron chi connectivity index (χ0n) is 9.49. The van der Waals surface area contributed by atoms with E-state index in [1.165, 1.54) is 0 Å². The van der Waals surface area contributed by atoms with Crippen molar-refractivity contribution in [3.8, 4) is 0 Å². The highest BCUT2D eigenvalue weighted by atomic mass is 32.2. The van der Waals surface area contributed by atoms with Gasteiger partial charge in [-0.25, -0.2) is 0 Å². The molecule has 0 aromatic carbocycles. The van der Waals surface area contributed by atoms with Crippen molar-refractivity contribution in [3.63, 3.8) is 0 Å². The molecular formula is C10H20N2O2S. The van der Waals surface area contributed by atoms with E-state index in [1.54, 1.807) is 11.9 Å². The van der Waals surface area contributed by atoms with Gasteiger partial charge >= 0.3 is 0 Å². The van der Waals surface area contributed by atoms with Gasteiger partial charge in [-0.1, -0.05) is 0 Å². The summed E-state index contributed by atoms with van der Waals surface area (Å²) in [4.78, 5) is 13.2. The van der Waals surface area contributed by atoms with E-state index in [0.717, 1.165) is 30.9 Å². The quantitative estimate of drug-likeness (QED) is 0.740. The molecule has 1 rings (SSSR count). The second-order valence-corrected chi connectivity index (χ2v) is 5.61. The molecule has 1 saturated heterocycles. The van der Waals surface area contributed by atoms with Crippen LogP contribution >= 0.6 is 0 Å². The van der Waals surface area contributed by atoms with Gasteiger partial charge in [0.1, 0.15) is 0 Å². The zero-order valence-corrected chi connectivity index (χ0v) is 10.3.